The molecule has 86 valence electrons. The van der Waals surface area contributed by atoms with E-state index in [0.29, 0.717) is 12.4 Å². The number of nitrogens with one attached hydrogen (secondary N) is 1. The molecule has 3 N–H and O–H groups in total. The maximum atomic E-state index is 11.3. The minimum absolute atomic E-state index is 0.0487. The molecule has 0 radical (unpaired) electrons. The third-order valence-electron chi connectivity index (χ3n) is 2.91. The zero-order valence-electron chi connectivity index (χ0n) is 9.14. The number of hydrogen-bond donors (Lipinski definition) is 2. The maximum absolute atomic E-state index is 11.3. The number of hydrogen-bond acceptors (Lipinski definition) is 4. The van der Waals surface area contributed by atoms with Gasteiger partial charge in [-0.2, -0.15) is 0 Å². The van der Waals surface area contributed by atoms with Crippen LogP contribution in [0.1, 0.15) is 11.6 Å². The summed E-state index contributed by atoms with van der Waals surface area (Å²) in [5, 5.41) is 3.16. The summed E-state index contributed by atoms with van der Waals surface area (Å²) >= 11 is 0. The van der Waals surface area contributed by atoms with Crippen LogP contribution in [0, 0.1) is 5.92 Å². The van der Waals surface area contributed by atoms with Crippen molar-refractivity contribution in [2.75, 3.05) is 20.2 Å². The number of nitrogens with zero attached hydrogens (tertiary/aromatic N) is 1. The van der Waals surface area contributed by atoms with Gasteiger partial charge in [-0.3, -0.25) is 4.79 Å². The first-order valence-corrected chi connectivity index (χ1v) is 5.23. The molecule has 0 aromatic carbocycles. The first-order valence-electron chi connectivity index (χ1n) is 5.23. The van der Waals surface area contributed by atoms with E-state index in [0.717, 1.165) is 12.2 Å². The molecule has 0 aliphatic carbocycles. The largest absolute Gasteiger partial charge is 0.481 e. The van der Waals surface area contributed by atoms with E-state index in [1.807, 2.05) is 12.1 Å². The van der Waals surface area contributed by atoms with E-state index in [-0.39, 0.29) is 17.7 Å². The van der Waals surface area contributed by atoms with Gasteiger partial charge in [0, 0.05) is 30.8 Å². The van der Waals surface area contributed by atoms with Gasteiger partial charge in [-0.05, 0) is 6.07 Å². The number of ether oxygens (including phenoxy) is 1. The molecule has 0 spiro atoms. The fraction of sp³-hybridized carbons (Fsp3) is 0.455. The van der Waals surface area contributed by atoms with Gasteiger partial charge in [-0.1, -0.05) is 6.07 Å². The van der Waals surface area contributed by atoms with Crippen LogP contribution in [-0.2, 0) is 4.79 Å². The summed E-state index contributed by atoms with van der Waals surface area (Å²) in [4.78, 5) is 15.6. The summed E-state index contributed by atoms with van der Waals surface area (Å²) in [6, 6.07) is 5.55. The Morgan fingerprint density at radius 1 is 1.56 bits per heavy atom. The fourth-order valence-electron chi connectivity index (χ4n) is 2.04. The molecular formula is C11H15N3O2. The second-order valence-electron chi connectivity index (χ2n) is 3.88. The molecular weight excluding hydrogens is 206 g/mol. The van der Waals surface area contributed by atoms with Gasteiger partial charge in [0.15, 0.2) is 0 Å². The fourth-order valence-corrected chi connectivity index (χ4v) is 2.04. The Kier molecular flexibility index (Phi) is 3.05. The monoisotopic (exact) mass is 221 g/mol. The van der Waals surface area contributed by atoms with Crippen LogP contribution in [0.25, 0.3) is 0 Å². The van der Waals surface area contributed by atoms with Gasteiger partial charge in [0.25, 0.3) is 0 Å². The number of carbonyl (C=O) groups is 1. The zero-order valence-corrected chi connectivity index (χ0v) is 9.14. The number of amides is 1. The number of nitrogens with two attached hydrogens (primary N) is 1. The number of primary amides is 1. The molecule has 16 heavy (non-hydrogen) atoms. The highest BCUT2D eigenvalue weighted by Gasteiger charge is 2.33. The molecule has 0 bridgehead atoms. The molecule has 2 rings (SSSR count). The van der Waals surface area contributed by atoms with Gasteiger partial charge in [0.1, 0.15) is 0 Å². The molecule has 5 nitrogen and oxygen atoms in total. The summed E-state index contributed by atoms with van der Waals surface area (Å²) < 4.78 is 5.06. The highest BCUT2D eigenvalue weighted by Crippen LogP contribution is 2.27. The molecule has 1 saturated heterocycles. The van der Waals surface area contributed by atoms with Gasteiger partial charge in [-0.25, -0.2) is 4.98 Å². The van der Waals surface area contributed by atoms with Gasteiger partial charge in [-0.15, -0.1) is 0 Å². The molecule has 1 aromatic heterocycles. The lowest BCUT2D eigenvalue weighted by molar-refractivity contribution is -0.121. The normalized spacial score (nSPS) is 24.3. The van der Waals surface area contributed by atoms with Crippen molar-refractivity contribution in [1.29, 1.82) is 0 Å². The molecule has 5 heteroatoms. The number of carbonyl (C=O) groups excluding carboxylic acids is 1. The second-order valence-corrected chi connectivity index (χ2v) is 3.88. The Balaban J connectivity index is 2.25. The lowest BCUT2D eigenvalue weighted by Gasteiger charge is -2.15. The van der Waals surface area contributed by atoms with Crippen molar-refractivity contribution in [3.8, 4) is 5.88 Å². The molecule has 2 heterocycles. The van der Waals surface area contributed by atoms with Crippen LogP contribution in [0.2, 0.25) is 0 Å². The predicted octanol–water partition coefficient (Wildman–Crippen LogP) is -0.121. The van der Waals surface area contributed by atoms with Crippen molar-refractivity contribution in [1.82, 2.24) is 10.3 Å². The lowest BCUT2D eigenvalue weighted by Crippen LogP contribution is -2.28. The zero-order chi connectivity index (χ0) is 11.5. The second kappa shape index (κ2) is 4.49. The summed E-state index contributed by atoms with van der Waals surface area (Å²) in [5.74, 6) is 0.152. The lowest BCUT2D eigenvalue weighted by atomic mass is 9.92. The average Bonchev–Trinajstić information content (AvgIpc) is 2.78. The number of aromatic nitrogens is 1. The number of rotatable bonds is 3. The maximum Gasteiger partial charge on any atom is 0.222 e. The first kappa shape index (κ1) is 10.9. The minimum atomic E-state index is -0.278. The predicted molar refractivity (Wildman–Crippen MR) is 59.1 cm³/mol. The van der Waals surface area contributed by atoms with Crippen LogP contribution in [0.15, 0.2) is 18.2 Å². The first-order chi connectivity index (χ1) is 7.72. The van der Waals surface area contributed by atoms with Crippen LogP contribution < -0.4 is 15.8 Å². The van der Waals surface area contributed by atoms with Gasteiger partial charge < -0.3 is 15.8 Å². The van der Waals surface area contributed by atoms with E-state index in [4.69, 9.17) is 10.5 Å². The standard InChI is InChI=1S/C11H15N3O2/c1-16-10-4-2-3-9(14-10)7-5-13-6-8(7)11(12)15/h2-4,7-8,13H,5-6H2,1H3,(H2,12,15). The third-order valence-corrected chi connectivity index (χ3v) is 2.91. The Bertz CT molecular complexity index is 395. The molecule has 1 amide bonds. The molecule has 2 atom stereocenters. The van der Waals surface area contributed by atoms with Crippen molar-refractivity contribution < 1.29 is 9.53 Å². The molecule has 1 aliphatic rings. The topological polar surface area (TPSA) is 77.2 Å². The van der Waals surface area contributed by atoms with Crippen molar-refractivity contribution in [3.05, 3.63) is 23.9 Å². The van der Waals surface area contributed by atoms with Crippen LogP contribution in [-0.4, -0.2) is 31.1 Å². The smallest absolute Gasteiger partial charge is 0.222 e. The van der Waals surface area contributed by atoms with Crippen LogP contribution >= 0.6 is 0 Å². The van der Waals surface area contributed by atoms with Crippen LogP contribution in [0.4, 0.5) is 0 Å². The summed E-state index contributed by atoms with van der Waals surface area (Å²) in [7, 11) is 1.57. The molecule has 0 saturated carbocycles. The van der Waals surface area contributed by atoms with Gasteiger partial charge >= 0.3 is 0 Å². The Hall–Kier alpha value is -1.62. The molecule has 1 aromatic rings. The Morgan fingerprint density at radius 2 is 2.38 bits per heavy atom. The van der Waals surface area contributed by atoms with E-state index in [1.165, 1.54) is 0 Å². The summed E-state index contributed by atoms with van der Waals surface area (Å²) in [5.41, 5.74) is 6.21. The van der Waals surface area contributed by atoms with Crippen LogP contribution in [0.5, 0.6) is 5.88 Å². The quantitative estimate of drug-likeness (QED) is 0.746. The van der Waals surface area contributed by atoms with Gasteiger partial charge in [0.2, 0.25) is 11.8 Å². The Labute approximate surface area is 94.0 Å². The SMILES string of the molecule is COc1cccc(C2CNCC2C(N)=O)n1. The minimum Gasteiger partial charge on any atom is -0.481 e. The highest BCUT2D eigenvalue weighted by molar-refractivity contribution is 5.78. The van der Waals surface area contributed by atoms with Crippen molar-refractivity contribution >= 4 is 5.91 Å². The number of pyridine rings is 1. The molecule has 2 unspecified atom stereocenters. The van der Waals surface area contributed by atoms with Crippen molar-refractivity contribution in [2.45, 2.75) is 5.92 Å². The van der Waals surface area contributed by atoms with Gasteiger partial charge in [0.05, 0.1) is 13.0 Å². The Morgan fingerprint density at radius 3 is 3.06 bits per heavy atom. The van der Waals surface area contributed by atoms with E-state index in [1.54, 1.807) is 13.2 Å². The average molecular weight is 221 g/mol. The van der Waals surface area contributed by atoms with E-state index < -0.39 is 0 Å². The van der Waals surface area contributed by atoms with E-state index in [9.17, 15) is 4.79 Å². The van der Waals surface area contributed by atoms with E-state index in [2.05, 4.69) is 10.3 Å². The molecule has 1 aliphatic heterocycles. The highest BCUT2D eigenvalue weighted by atomic mass is 16.5. The van der Waals surface area contributed by atoms with Crippen molar-refractivity contribution in [2.24, 2.45) is 11.7 Å². The van der Waals surface area contributed by atoms with Crippen molar-refractivity contribution in [3.63, 3.8) is 0 Å². The molecule has 1 fully saturated rings. The van der Waals surface area contributed by atoms with E-state index >= 15 is 0 Å². The summed E-state index contributed by atoms with van der Waals surface area (Å²) in [6.07, 6.45) is 0. The van der Waals surface area contributed by atoms with Crippen LogP contribution in [0.3, 0.4) is 0 Å². The third kappa shape index (κ3) is 1.99. The summed E-state index contributed by atoms with van der Waals surface area (Å²) in [6.45, 7) is 1.35. The number of methoxy groups -OCH3 is 1.